The fraction of sp³-hybridized carbons (Fsp3) is 0.524. The van der Waals surface area contributed by atoms with Crippen molar-refractivity contribution >= 4 is 17.5 Å². The molecule has 4 fully saturated rings. The zero-order valence-electron chi connectivity index (χ0n) is 15.9. The Morgan fingerprint density at radius 1 is 1.24 bits per heavy atom. The molecule has 0 radical (unpaired) electrons. The van der Waals surface area contributed by atoms with Crippen molar-refractivity contribution in [2.75, 3.05) is 18.0 Å². The normalized spacial score (nSPS) is 33.3. The number of carbonyl (C=O) groups excluding carboxylic acids is 2. The Bertz CT molecular complexity index is 965. The minimum absolute atomic E-state index is 0.0178. The molecule has 29 heavy (non-hydrogen) atoms. The maximum Gasteiger partial charge on any atom is 0.244 e. The highest BCUT2D eigenvalue weighted by Gasteiger charge is 2.55. The average Bonchev–Trinajstić information content (AvgIpc) is 3.07. The van der Waals surface area contributed by atoms with E-state index < -0.39 is 6.04 Å². The van der Waals surface area contributed by atoms with Gasteiger partial charge in [0, 0.05) is 19.1 Å². The Labute approximate surface area is 169 Å². The van der Waals surface area contributed by atoms with Gasteiger partial charge >= 0.3 is 0 Å². The molecule has 3 aliphatic heterocycles. The van der Waals surface area contributed by atoms with Crippen LogP contribution < -0.4 is 10.6 Å². The van der Waals surface area contributed by atoms with Crippen LogP contribution in [0.2, 0.25) is 0 Å². The number of rotatable bonds is 4. The van der Waals surface area contributed by atoms with E-state index in [2.05, 4.69) is 12.1 Å². The summed E-state index contributed by atoms with van der Waals surface area (Å²) in [6.07, 6.45) is 2.39. The number of piperazine rings is 1. The Hall–Kier alpha value is -2.94. The number of likely N-dealkylation sites (tertiary alicyclic amines) is 2. The zero-order chi connectivity index (χ0) is 20.3. The molecular formula is C21H22N6O2. The molecule has 5 rings (SSSR count). The van der Waals surface area contributed by atoms with Gasteiger partial charge < -0.3 is 15.5 Å². The van der Waals surface area contributed by atoms with Gasteiger partial charge in [-0.05, 0) is 37.3 Å². The Morgan fingerprint density at radius 2 is 2.03 bits per heavy atom. The molecule has 1 aromatic carbocycles. The molecule has 3 heterocycles. The first-order chi connectivity index (χ1) is 14.0. The Balaban J connectivity index is 1.27. The summed E-state index contributed by atoms with van der Waals surface area (Å²) in [7, 11) is 0. The van der Waals surface area contributed by atoms with Crippen molar-refractivity contribution in [1.29, 1.82) is 10.5 Å². The molecule has 1 unspecified atom stereocenters. The molecule has 4 aliphatic rings. The average molecular weight is 390 g/mol. The summed E-state index contributed by atoms with van der Waals surface area (Å²) in [5, 5.41) is 18.7. The number of carbonyl (C=O) groups is 2. The molecule has 6 atom stereocenters. The summed E-state index contributed by atoms with van der Waals surface area (Å²) in [5.41, 5.74) is 7.38. The number of nitrogens with two attached hydrogens (primary N) is 1. The van der Waals surface area contributed by atoms with Crippen LogP contribution in [0.25, 0.3) is 0 Å². The number of fused-ring (bicyclic) bond motifs is 3. The summed E-state index contributed by atoms with van der Waals surface area (Å²) < 4.78 is 0. The highest BCUT2D eigenvalue weighted by atomic mass is 16.2. The zero-order valence-corrected chi connectivity index (χ0v) is 15.9. The van der Waals surface area contributed by atoms with Crippen LogP contribution in [0.4, 0.5) is 5.69 Å². The smallest absolute Gasteiger partial charge is 0.244 e. The van der Waals surface area contributed by atoms with Crippen LogP contribution >= 0.6 is 0 Å². The molecule has 8 heteroatoms. The van der Waals surface area contributed by atoms with E-state index in [1.54, 1.807) is 28.0 Å². The van der Waals surface area contributed by atoms with Gasteiger partial charge in [-0.25, -0.2) is 0 Å². The number of anilines is 1. The largest absolute Gasteiger partial charge is 0.322 e. The fourth-order valence-corrected chi connectivity index (χ4v) is 5.37. The van der Waals surface area contributed by atoms with Crippen molar-refractivity contribution in [2.24, 2.45) is 11.7 Å². The highest BCUT2D eigenvalue weighted by Crippen LogP contribution is 2.47. The van der Waals surface area contributed by atoms with Gasteiger partial charge in [-0.15, -0.1) is 0 Å². The maximum absolute atomic E-state index is 13.0. The molecule has 8 nitrogen and oxygen atoms in total. The number of nitriles is 2. The lowest BCUT2D eigenvalue weighted by Gasteiger charge is -2.36. The van der Waals surface area contributed by atoms with Crippen molar-refractivity contribution in [2.45, 2.75) is 49.5 Å². The van der Waals surface area contributed by atoms with Crippen molar-refractivity contribution in [3.63, 3.8) is 0 Å². The lowest BCUT2D eigenvalue weighted by molar-refractivity contribution is -0.135. The Morgan fingerprint density at radius 3 is 2.76 bits per heavy atom. The molecule has 0 aromatic heterocycles. The SMILES string of the molecule is N#Cc1ccccc1N1C(=O)[C@@H]2CC1CN2C[C@H](N)C(=O)N1[C@H](C#N)C[C@@H]2C[C@@H]21. The van der Waals surface area contributed by atoms with E-state index in [4.69, 9.17) is 5.73 Å². The summed E-state index contributed by atoms with van der Waals surface area (Å²) in [5.74, 6) is 0.235. The second-order valence-corrected chi connectivity index (χ2v) is 8.49. The van der Waals surface area contributed by atoms with Crippen LogP contribution in [0.15, 0.2) is 24.3 Å². The molecule has 1 aromatic rings. The monoisotopic (exact) mass is 390 g/mol. The van der Waals surface area contributed by atoms with E-state index in [0.717, 1.165) is 12.8 Å². The molecule has 3 saturated heterocycles. The summed E-state index contributed by atoms with van der Waals surface area (Å²) in [4.78, 5) is 31.3. The third-order valence-corrected chi connectivity index (χ3v) is 6.81. The van der Waals surface area contributed by atoms with Crippen LogP contribution in [0.5, 0.6) is 0 Å². The van der Waals surface area contributed by atoms with Crippen LogP contribution in [-0.4, -0.2) is 64.9 Å². The van der Waals surface area contributed by atoms with E-state index >= 15 is 0 Å². The summed E-state index contributed by atoms with van der Waals surface area (Å²) in [6.45, 7) is 0.941. The van der Waals surface area contributed by atoms with E-state index in [1.807, 2.05) is 11.0 Å². The summed E-state index contributed by atoms with van der Waals surface area (Å²) in [6, 6.07) is 10.2. The highest BCUT2D eigenvalue weighted by molar-refractivity contribution is 6.02. The quantitative estimate of drug-likeness (QED) is 0.784. The van der Waals surface area contributed by atoms with Gasteiger partial charge in [-0.1, -0.05) is 12.1 Å². The molecule has 0 spiro atoms. The minimum atomic E-state index is -0.739. The fourth-order valence-electron chi connectivity index (χ4n) is 5.37. The van der Waals surface area contributed by atoms with Crippen molar-refractivity contribution < 1.29 is 9.59 Å². The van der Waals surface area contributed by atoms with Crippen molar-refractivity contribution in [3.05, 3.63) is 29.8 Å². The lowest BCUT2D eigenvalue weighted by atomic mass is 10.1. The maximum atomic E-state index is 13.0. The second kappa shape index (κ2) is 6.55. The summed E-state index contributed by atoms with van der Waals surface area (Å²) >= 11 is 0. The predicted octanol–water partition coefficient (Wildman–Crippen LogP) is 0.188. The molecule has 1 aliphatic carbocycles. The first-order valence-corrected chi connectivity index (χ1v) is 10.1. The number of benzene rings is 1. The van der Waals surface area contributed by atoms with Gasteiger partial charge in [0.05, 0.1) is 35.4 Å². The van der Waals surface area contributed by atoms with E-state index in [-0.39, 0.29) is 36.0 Å². The number of para-hydroxylation sites is 1. The van der Waals surface area contributed by atoms with Crippen LogP contribution in [0, 0.1) is 28.6 Å². The third kappa shape index (κ3) is 2.71. The molecule has 2 bridgehead atoms. The number of hydrogen-bond donors (Lipinski definition) is 1. The number of piperidine rings is 1. The second-order valence-electron chi connectivity index (χ2n) is 8.49. The topological polar surface area (TPSA) is 117 Å². The van der Waals surface area contributed by atoms with Crippen LogP contribution in [-0.2, 0) is 9.59 Å². The standard InChI is InChI=1S/C21H22N6O2/c22-8-12-3-1-2-4-17(12)27-15-7-19(21(27)29)25(10-15)11-16(24)20(28)26-14(9-23)5-13-6-18(13)26/h1-4,13-16,18-19H,5-7,10-11,24H2/t13-,14+,15?,16+,18+,19+/m1/s1. The molecule has 2 amide bonds. The van der Waals surface area contributed by atoms with Gasteiger partial charge in [-0.3, -0.25) is 14.5 Å². The van der Waals surface area contributed by atoms with Crippen LogP contribution in [0.1, 0.15) is 24.8 Å². The van der Waals surface area contributed by atoms with Gasteiger partial charge in [0.15, 0.2) is 0 Å². The van der Waals surface area contributed by atoms with Crippen LogP contribution in [0.3, 0.4) is 0 Å². The number of hydrogen-bond acceptors (Lipinski definition) is 6. The number of amides is 2. The van der Waals surface area contributed by atoms with Gasteiger partial charge in [-0.2, -0.15) is 10.5 Å². The first kappa shape index (κ1) is 18.1. The lowest BCUT2D eigenvalue weighted by Crippen LogP contribution is -2.57. The van der Waals surface area contributed by atoms with Gasteiger partial charge in [0.25, 0.3) is 0 Å². The molecule has 2 N–H and O–H groups in total. The first-order valence-electron chi connectivity index (χ1n) is 10.1. The van der Waals surface area contributed by atoms with Crippen molar-refractivity contribution in [3.8, 4) is 12.1 Å². The van der Waals surface area contributed by atoms with E-state index in [9.17, 15) is 20.1 Å². The molecule has 1 saturated carbocycles. The predicted molar refractivity (Wildman–Crippen MR) is 103 cm³/mol. The van der Waals surface area contributed by atoms with Crippen molar-refractivity contribution in [1.82, 2.24) is 9.80 Å². The van der Waals surface area contributed by atoms with Gasteiger partial charge in [0.1, 0.15) is 12.1 Å². The Kier molecular flexibility index (Phi) is 4.09. The molecular weight excluding hydrogens is 368 g/mol. The minimum Gasteiger partial charge on any atom is -0.322 e. The van der Waals surface area contributed by atoms with E-state index in [0.29, 0.717) is 36.7 Å². The van der Waals surface area contributed by atoms with Gasteiger partial charge in [0.2, 0.25) is 11.8 Å². The number of nitrogens with zero attached hydrogens (tertiary/aromatic N) is 5. The third-order valence-electron chi connectivity index (χ3n) is 6.81. The van der Waals surface area contributed by atoms with E-state index in [1.165, 1.54) is 0 Å². The molecule has 148 valence electrons.